The Kier molecular flexibility index (Phi) is 7.52. The Morgan fingerprint density at radius 2 is 2.07 bits per heavy atom. The number of carbonyl (C=O) groups excluding carboxylic acids is 1. The molecule has 2 aromatic heterocycles. The number of hydrogen-bond acceptors (Lipinski definition) is 8. The first kappa shape index (κ1) is 22.3. The number of hydrogen-bond donors (Lipinski definition) is 1. The van der Waals surface area contributed by atoms with Crippen LogP contribution in [-0.4, -0.2) is 47.1 Å². The summed E-state index contributed by atoms with van der Waals surface area (Å²) in [5, 5.41) is 12.2. The maximum Gasteiger partial charge on any atom is 0.210 e. The Balaban J connectivity index is 1.62. The zero-order chi connectivity index (χ0) is 21.7. The van der Waals surface area contributed by atoms with Crippen molar-refractivity contribution in [1.82, 2.24) is 14.8 Å². The highest BCUT2D eigenvalue weighted by atomic mass is 32.2. The average molecular weight is 447 g/mol. The van der Waals surface area contributed by atoms with Crippen LogP contribution >= 0.6 is 23.1 Å². The number of ketones is 1. The van der Waals surface area contributed by atoms with Crippen molar-refractivity contribution in [2.45, 2.75) is 31.2 Å². The van der Waals surface area contributed by atoms with Crippen molar-refractivity contribution in [1.29, 1.82) is 0 Å². The third-order valence-electron chi connectivity index (χ3n) is 4.69. The van der Waals surface area contributed by atoms with Crippen LogP contribution in [-0.2, 0) is 4.74 Å². The SMILES string of the molecule is COCC(C)n1c(C)cc(C(=O)CSc2nnc(Nc3cccc(OC)c3)s2)c1C. The Morgan fingerprint density at radius 3 is 2.80 bits per heavy atom. The van der Waals surface area contributed by atoms with Gasteiger partial charge in [-0.2, -0.15) is 0 Å². The molecule has 3 rings (SSSR count). The van der Waals surface area contributed by atoms with Crippen LogP contribution in [0.3, 0.4) is 0 Å². The van der Waals surface area contributed by atoms with Crippen LogP contribution in [0.15, 0.2) is 34.7 Å². The lowest BCUT2D eigenvalue weighted by atomic mass is 10.2. The zero-order valence-corrected chi connectivity index (χ0v) is 19.4. The van der Waals surface area contributed by atoms with Crippen molar-refractivity contribution in [3.05, 3.63) is 47.3 Å². The van der Waals surface area contributed by atoms with E-state index in [0.717, 1.165) is 32.7 Å². The fourth-order valence-corrected chi connectivity index (χ4v) is 5.06. The molecule has 1 aromatic carbocycles. The Labute approximate surface area is 184 Å². The van der Waals surface area contributed by atoms with Gasteiger partial charge in [0.25, 0.3) is 0 Å². The molecule has 0 aliphatic heterocycles. The van der Waals surface area contributed by atoms with E-state index in [1.54, 1.807) is 14.2 Å². The lowest BCUT2D eigenvalue weighted by Gasteiger charge is -2.17. The summed E-state index contributed by atoms with van der Waals surface area (Å²) in [6.45, 7) is 6.69. The number of aryl methyl sites for hydroxylation is 1. The zero-order valence-electron chi connectivity index (χ0n) is 17.8. The van der Waals surface area contributed by atoms with Gasteiger partial charge in [-0.3, -0.25) is 4.79 Å². The molecule has 1 atom stereocenters. The lowest BCUT2D eigenvalue weighted by Crippen LogP contribution is -2.14. The second-order valence-electron chi connectivity index (χ2n) is 6.90. The number of nitrogens with one attached hydrogen (secondary N) is 1. The van der Waals surface area contributed by atoms with Gasteiger partial charge in [0.2, 0.25) is 5.13 Å². The van der Waals surface area contributed by atoms with Crippen LogP contribution in [0.1, 0.15) is 34.7 Å². The molecular weight excluding hydrogens is 420 g/mol. The minimum Gasteiger partial charge on any atom is -0.497 e. The van der Waals surface area contributed by atoms with Gasteiger partial charge < -0.3 is 19.4 Å². The van der Waals surface area contributed by atoms with Gasteiger partial charge in [-0.1, -0.05) is 29.2 Å². The van der Waals surface area contributed by atoms with E-state index in [1.165, 1.54) is 23.1 Å². The standard InChI is InChI=1S/C21H26N4O3S2/c1-13-9-18(15(3)25(13)14(2)11-27-4)19(26)12-29-21-24-23-20(30-21)22-16-7-6-8-17(10-16)28-5/h6-10,14H,11-12H2,1-5H3,(H,22,23). The number of anilines is 2. The molecule has 30 heavy (non-hydrogen) atoms. The maximum absolute atomic E-state index is 12.8. The van der Waals surface area contributed by atoms with Crippen molar-refractivity contribution in [3.63, 3.8) is 0 Å². The van der Waals surface area contributed by atoms with Crippen LogP contribution in [0.4, 0.5) is 10.8 Å². The molecule has 0 fully saturated rings. The van der Waals surface area contributed by atoms with E-state index in [9.17, 15) is 4.79 Å². The summed E-state index contributed by atoms with van der Waals surface area (Å²) in [5.41, 5.74) is 3.66. The van der Waals surface area contributed by atoms with E-state index in [1.807, 2.05) is 44.2 Å². The van der Waals surface area contributed by atoms with Crippen LogP contribution in [0.2, 0.25) is 0 Å². The molecule has 0 radical (unpaired) electrons. The minimum absolute atomic E-state index is 0.0847. The number of benzene rings is 1. The average Bonchev–Trinajstić information content (AvgIpc) is 3.29. The van der Waals surface area contributed by atoms with Crippen LogP contribution in [0.5, 0.6) is 5.75 Å². The first-order chi connectivity index (χ1) is 14.4. The van der Waals surface area contributed by atoms with Crippen molar-refractivity contribution in [3.8, 4) is 5.75 Å². The molecule has 0 aliphatic rings. The van der Waals surface area contributed by atoms with Crippen LogP contribution in [0.25, 0.3) is 0 Å². The van der Waals surface area contributed by atoms with E-state index in [-0.39, 0.29) is 11.8 Å². The van der Waals surface area contributed by atoms with Crippen molar-refractivity contribution in [2.24, 2.45) is 0 Å². The first-order valence-corrected chi connectivity index (χ1v) is 11.3. The number of nitrogens with zero attached hydrogens (tertiary/aromatic N) is 3. The molecular formula is C21H26N4O3S2. The molecule has 0 amide bonds. The highest BCUT2D eigenvalue weighted by Crippen LogP contribution is 2.30. The molecule has 0 saturated carbocycles. The highest BCUT2D eigenvalue weighted by Gasteiger charge is 2.19. The van der Waals surface area contributed by atoms with Gasteiger partial charge >= 0.3 is 0 Å². The van der Waals surface area contributed by atoms with Crippen molar-refractivity contribution < 1.29 is 14.3 Å². The van der Waals surface area contributed by atoms with Gasteiger partial charge in [-0.05, 0) is 39.0 Å². The van der Waals surface area contributed by atoms with E-state index >= 15 is 0 Å². The molecule has 1 unspecified atom stereocenters. The van der Waals surface area contributed by atoms with Gasteiger partial charge in [-0.25, -0.2) is 0 Å². The molecule has 1 N–H and O–H groups in total. The summed E-state index contributed by atoms with van der Waals surface area (Å²) in [6.07, 6.45) is 0. The van der Waals surface area contributed by atoms with Gasteiger partial charge in [0, 0.05) is 35.8 Å². The number of aromatic nitrogens is 3. The second kappa shape index (κ2) is 10.1. The summed E-state index contributed by atoms with van der Waals surface area (Å²) >= 11 is 2.82. The Morgan fingerprint density at radius 1 is 1.27 bits per heavy atom. The summed E-state index contributed by atoms with van der Waals surface area (Å²) in [5.74, 6) is 1.17. The molecule has 2 heterocycles. The lowest BCUT2D eigenvalue weighted by molar-refractivity contribution is 0.102. The smallest absolute Gasteiger partial charge is 0.210 e. The third-order valence-corrected chi connectivity index (χ3v) is 6.66. The molecule has 0 spiro atoms. The normalized spacial score (nSPS) is 12.0. The van der Waals surface area contributed by atoms with Gasteiger partial charge in [0.1, 0.15) is 5.75 Å². The number of rotatable bonds is 10. The van der Waals surface area contributed by atoms with Gasteiger partial charge in [-0.15, -0.1) is 10.2 Å². The van der Waals surface area contributed by atoms with Crippen LogP contribution in [0, 0.1) is 13.8 Å². The van der Waals surface area contributed by atoms with E-state index in [2.05, 4.69) is 27.0 Å². The summed E-state index contributed by atoms with van der Waals surface area (Å²) < 4.78 is 13.4. The number of carbonyl (C=O) groups is 1. The molecule has 7 nitrogen and oxygen atoms in total. The number of ether oxygens (including phenoxy) is 2. The molecule has 9 heteroatoms. The monoisotopic (exact) mass is 446 g/mol. The number of methoxy groups -OCH3 is 2. The second-order valence-corrected chi connectivity index (χ2v) is 9.10. The molecule has 3 aromatic rings. The third kappa shape index (κ3) is 5.21. The molecule has 160 valence electrons. The van der Waals surface area contributed by atoms with Crippen LogP contribution < -0.4 is 10.1 Å². The summed E-state index contributed by atoms with van der Waals surface area (Å²) in [7, 11) is 3.32. The molecule has 0 bridgehead atoms. The van der Waals surface area contributed by atoms with Crippen molar-refractivity contribution >= 4 is 39.7 Å². The molecule has 0 saturated heterocycles. The summed E-state index contributed by atoms with van der Waals surface area (Å²) in [4.78, 5) is 12.8. The van der Waals surface area contributed by atoms with Crippen molar-refractivity contribution in [2.75, 3.05) is 31.9 Å². The Bertz CT molecular complexity index is 1020. The van der Waals surface area contributed by atoms with E-state index in [4.69, 9.17) is 9.47 Å². The largest absolute Gasteiger partial charge is 0.497 e. The maximum atomic E-state index is 12.8. The first-order valence-electron chi connectivity index (χ1n) is 9.50. The van der Waals surface area contributed by atoms with E-state index in [0.29, 0.717) is 17.5 Å². The Hall–Kier alpha value is -2.36. The molecule has 0 aliphatic carbocycles. The summed E-state index contributed by atoms with van der Waals surface area (Å²) in [6, 6.07) is 9.74. The van der Waals surface area contributed by atoms with Gasteiger partial charge in [0.05, 0.1) is 25.5 Å². The fraction of sp³-hybridized carbons (Fsp3) is 0.381. The topological polar surface area (TPSA) is 78.3 Å². The fourth-order valence-electron chi connectivity index (χ4n) is 3.40. The predicted octanol–water partition coefficient (Wildman–Crippen LogP) is 4.89. The quantitative estimate of drug-likeness (QED) is 0.351. The number of thioether (sulfide) groups is 1. The highest BCUT2D eigenvalue weighted by molar-refractivity contribution is 8.01. The predicted molar refractivity (Wildman–Crippen MR) is 122 cm³/mol. The van der Waals surface area contributed by atoms with E-state index < -0.39 is 0 Å². The number of Topliss-reactive ketones (excluding diaryl/α,β-unsaturated/α-hetero) is 1. The minimum atomic E-state index is 0.0847. The van der Waals surface area contributed by atoms with Gasteiger partial charge in [0.15, 0.2) is 10.1 Å².